The largest absolute Gasteiger partial charge is 0.488 e. The fourth-order valence-electron chi connectivity index (χ4n) is 3.97. The van der Waals surface area contributed by atoms with Crippen LogP contribution in [0.1, 0.15) is 53.6 Å². The van der Waals surface area contributed by atoms with Gasteiger partial charge in [0.2, 0.25) is 0 Å². The van der Waals surface area contributed by atoms with Crippen LogP contribution >= 0.6 is 8.58 Å². The lowest BCUT2D eigenvalue weighted by Gasteiger charge is -2.33. The number of hydrogen-bond donors (Lipinski definition) is 0. The minimum atomic E-state index is -0.0195. The summed E-state index contributed by atoms with van der Waals surface area (Å²) in [6, 6.07) is 21.7. The number of aliphatic imine (C=N–C) groups is 1. The monoisotopic (exact) mass is 431 g/mol. The van der Waals surface area contributed by atoms with Crippen LogP contribution in [0.4, 0.5) is 0 Å². The first-order valence-electron chi connectivity index (χ1n) is 11.0. The smallest absolute Gasteiger partial charge is 0.126 e. The average Bonchev–Trinajstić information content (AvgIpc) is 2.75. The van der Waals surface area contributed by atoms with Crippen LogP contribution in [-0.4, -0.2) is 13.3 Å². The Bertz CT molecular complexity index is 1060. The molecule has 0 aromatic heterocycles. The Labute approximate surface area is 189 Å². The van der Waals surface area contributed by atoms with Crippen molar-refractivity contribution in [2.45, 2.75) is 52.8 Å². The molecule has 3 aromatic rings. The van der Waals surface area contributed by atoms with Gasteiger partial charge in [-0.2, -0.15) is 0 Å². The molecule has 162 valence electrons. The minimum absolute atomic E-state index is 0.0195. The second-order valence-electron chi connectivity index (χ2n) is 8.52. The maximum Gasteiger partial charge on any atom is 0.126 e. The summed E-state index contributed by atoms with van der Waals surface area (Å²) >= 11 is 0. The maximum atomic E-state index is 6.47. The summed E-state index contributed by atoms with van der Waals surface area (Å²) in [6.45, 7) is 11.7. The van der Waals surface area contributed by atoms with E-state index in [4.69, 9.17) is 4.74 Å². The van der Waals surface area contributed by atoms with Crippen LogP contribution in [0.5, 0.6) is 5.75 Å². The minimum Gasteiger partial charge on any atom is -0.488 e. The van der Waals surface area contributed by atoms with Crippen molar-refractivity contribution in [3.63, 3.8) is 0 Å². The lowest BCUT2D eigenvalue weighted by atomic mass is 9.92. The Kier molecular flexibility index (Phi) is 7.68. The lowest BCUT2D eigenvalue weighted by Crippen LogP contribution is -2.22. The van der Waals surface area contributed by atoms with Gasteiger partial charge in [0.1, 0.15) is 12.4 Å². The summed E-state index contributed by atoms with van der Waals surface area (Å²) in [5, 5.41) is 1.34. The highest BCUT2D eigenvalue weighted by Crippen LogP contribution is 2.49. The number of benzene rings is 3. The molecule has 0 fully saturated rings. The van der Waals surface area contributed by atoms with Gasteiger partial charge in [0.25, 0.3) is 0 Å². The van der Waals surface area contributed by atoms with Gasteiger partial charge < -0.3 is 4.74 Å². The van der Waals surface area contributed by atoms with Gasteiger partial charge in [0.05, 0.1) is 0 Å². The van der Waals surface area contributed by atoms with Gasteiger partial charge in [-0.3, -0.25) is 4.99 Å². The van der Waals surface area contributed by atoms with E-state index in [1.807, 2.05) is 19.3 Å². The Morgan fingerprint density at radius 1 is 0.968 bits per heavy atom. The molecule has 0 saturated carbocycles. The van der Waals surface area contributed by atoms with Crippen LogP contribution in [0.15, 0.2) is 65.7 Å². The Balaban J connectivity index is 2.02. The summed E-state index contributed by atoms with van der Waals surface area (Å²) in [4.78, 5) is 4.30. The van der Waals surface area contributed by atoms with E-state index in [0.29, 0.717) is 15.2 Å². The Morgan fingerprint density at radius 2 is 1.71 bits per heavy atom. The summed E-state index contributed by atoms with van der Waals surface area (Å²) < 4.78 is 6.47. The molecule has 3 aromatic carbocycles. The molecule has 3 rings (SSSR count). The lowest BCUT2D eigenvalue weighted by molar-refractivity contribution is 0.297. The van der Waals surface area contributed by atoms with Crippen molar-refractivity contribution in [2.24, 2.45) is 4.99 Å². The first kappa shape index (κ1) is 23.2. The summed E-state index contributed by atoms with van der Waals surface area (Å²) in [6.07, 6.45) is 3.02. The zero-order chi connectivity index (χ0) is 22.4. The molecule has 2 nitrogen and oxygen atoms in total. The topological polar surface area (TPSA) is 21.6 Å². The van der Waals surface area contributed by atoms with E-state index < -0.39 is 0 Å². The quantitative estimate of drug-likeness (QED) is 0.282. The molecule has 0 aliphatic heterocycles. The zero-order valence-electron chi connectivity index (χ0n) is 19.6. The summed E-state index contributed by atoms with van der Waals surface area (Å²) in [5.74, 6) is 1.03. The van der Waals surface area contributed by atoms with Crippen LogP contribution in [0.2, 0.25) is 0 Å². The van der Waals surface area contributed by atoms with E-state index in [0.717, 1.165) is 12.2 Å². The van der Waals surface area contributed by atoms with Crippen molar-refractivity contribution < 1.29 is 4.74 Å². The van der Waals surface area contributed by atoms with E-state index in [2.05, 4.69) is 94.2 Å². The van der Waals surface area contributed by atoms with Crippen LogP contribution in [0.25, 0.3) is 0 Å². The zero-order valence-corrected chi connectivity index (χ0v) is 20.6. The molecule has 0 amide bonds. The Morgan fingerprint density at radius 3 is 2.39 bits per heavy atom. The van der Waals surface area contributed by atoms with Gasteiger partial charge in [-0.15, -0.1) is 0 Å². The highest BCUT2D eigenvalue weighted by atomic mass is 31.1. The van der Waals surface area contributed by atoms with E-state index >= 15 is 0 Å². The number of ether oxygens (including phenoxy) is 1. The molecule has 0 saturated heterocycles. The number of aryl methyl sites for hydroxylation is 3. The van der Waals surface area contributed by atoms with Crippen molar-refractivity contribution in [1.82, 2.24) is 0 Å². The third-order valence-electron chi connectivity index (χ3n) is 5.83. The molecule has 31 heavy (non-hydrogen) atoms. The maximum absolute atomic E-state index is 6.47. The van der Waals surface area contributed by atoms with Crippen molar-refractivity contribution in [1.29, 1.82) is 0 Å². The molecule has 2 unspecified atom stereocenters. The molecule has 0 aliphatic rings. The normalized spacial score (nSPS) is 13.7. The number of nitrogens with zero attached hydrogens (tertiary/aromatic N) is 1. The van der Waals surface area contributed by atoms with Crippen molar-refractivity contribution in [3.05, 3.63) is 94.0 Å². The number of rotatable bonds is 8. The second kappa shape index (κ2) is 10.2. The van der Waals surface area contributed by atoms with Crippen LogP contribution in [0, 0.1) is 20.8 Å². The molecule has 0 spiro atoms. The highest BCUT2D eigenvalue weighted by Gasteiger charge is 2.30. The van der Waals surface area contributed by atoms with Crippen LogP contribution in [-0.2, 0) is 11.8 Å². The SMILES string of the molecule is CCC(C)(Pc1ccc(C)cc1C=NC)c1cc(C)cc(C)c1OCc1ccccc1. The van der Waals surface area contributed by atoms with E-state index in [-0.39, 0.29) is 5.16 Å². The fraction of sp³-hybridized carbons (Fsp3) is 0.321. The highest BCUT2D eigenvalue weighted by molar-refractivity contribution is 7.48. The van der Waals surface area contributed by atoms with E-state index in [1.54, 1.807) is 0 Å². The first-order valence-corrected chi connectivity index (χ1v) is 12.0. The van der Waals surface area contributed by atoms with Gasteiger partial charge in [0.15, 0.2) is 0 Å². The van der Waals surface area contributed by atoms with Crippen LogP contribution in [0.3, 0.4) is 0 Å². The van der Waals surface area contributed by atoms with Gasteiger partial charge in [-0.05, 0) is 55.3 Å². The van der Waals surface area contributed by atoms with Crippen molar-refractivity contribution in [3.8, 4) is 5.75 Å². The molecule has 0 radical (unpaired) electrons. The molecule has 0 bridgehead atoms. The average molecular weight is 432 g/mol. The third-order valence-corrected chi connectivity index (χ3v) is 7.73. The molecule has 0 aliphatic carbocycles. The molecule has 0 heterocycles. The van der Waals surface area contributed by atoms with Gasteiger partial charge in [-0.25, -0.2) is 0 Å². The van der Waals surface area contributed by atoms with Gasteiger partial charge in [-0.1, -0.05) is 88.2 Å². The van der Waals surface area contributed by atoms with Gasteiger partial charge >= 0.3 is 0 Å². The molecule has 2 atom stereocenters. The van der Waals surface area contributed by atoms with Crippen molar-refractivity contribution in [2.75, 3.05) is 7.05 Å². The van der Waals surface area contributed by atoms with E-state index in [1.165, 1.54) is 38.7 Å². The number of hydrogen-bond acceptors (Lipinski definition) is 2. The molecule has 0 N–H and O–H groups in total. The van der Waals surface area contributed by atoms with Gasteiger partial charge in [0, 0.05) is 24.0 Å². The standard InChI is InChI=1S/C28H34NOP/c1-7-28(5,31-26-14-13-20(2)16-24(26)18-29-6)25-17-21(3)15-22(4)27(25)30-19-23-11-9-8-10-12-23/h8-18,31H,7,19H2,1-6H3. The molecular formula is C28H34NOP. The van der Waals surface area contributed by atoms with Crippen molar-refractivity contribution >= 4 is 20.1 Å². The Hall–Kier alpha value is -2.44. The molecular weight excluding hydrogens is 397 g/mol. The summed E-state index contributed by atoms with van der Waals surface area (Å²) in [5.41, 5.74) is 7.46. The van der Waals surface area contributed by atoms with E-state index in [9.17, 15) is 0 Å². The predicted octanol–water partition coefficient (Wildman–Crippen LogP) is 6.87. The molecule has 3 heteroatoms. The first-order chi connectivity index (χ1) is 14.9. The fourth-order valence-corrected chi connectivity index (χ4v) is 5.51. The van der Waals surface area contributed by atoms with Crippen LogP contribution < -0.4 is 10.0 Å². The third kappa shape index (κ3) is 5.63. The summed E-state index contributed by atoms with van der Waals surface area (Å²) in [7, 11) is 2.46. The predicted molar refractivity (Wildman–Crippen MR) is 137 cm³/mol. The second-order valence-corrected chi connectivity index (χ2v) is 10.4.